The highest BCUT2D eigenvalue weighted by atomic mass is 32.1. The van der Waals surface area contributed by atoms with Crippen LogP contribution in [0.25, 0.3) is 55.3 Å². The Kier molecular flexibility index (Phi) is 5.49. The number of amides is 1. The Hall–Kier alpha value is -4.58. The third kappa shape index (κ3) is 4.08. The Morgan fingerprint density at radius 3 is 2.63 bits per heavy atom. The second kappa shape index (κ2) is 8.77. The van der Waals surface area contributed by atoms with Gasteiger partial charge >= 0.3 is 0 Å². The molecule has 0 radical (unpaired) electrons. The van der Waals surface area contributed by atoms with Crippen molar-refractivity contribution in [2.45, 2.75) is 20.8 Å². The molecule has 6 rings (SSSR count). The highest BCUT2D eigenvalue weighted by Gasteiger charge is 2.23. The van der Waals surface area contributed by atoms with Crippen molar-refractivity contribution in [1.29, 1.82) is 0 Å². The highest BCUT2D eigenvalue weighted by Crippen LogP contribution is 2.36. The van der Waals surface area contributed by atoms with Gasteiger partial charge in [0.05, 0.1) is 22.8 Å². The molecule has 1 amide bonds. The lowest BCUT2D eigenvalue weighted by Gasteiger charge is -2.17. The van der Waals surface area contributed by atoms with Gasteiger partial charge in [0, 0.05) is 45.6 Å². The molecule has 0 bridgehead atoms. The summed E-state index contributed by atoms with van der Waals surface area (Å²) in [4.78, 5) is 33.6. The van der Waals surface area contributed by atoms with Crippen molar-refractivity contribution in [2.75, 3.05) is 5.32 Å². The van der Waals surface area contributed by atoms with Crippen LogP contribution in [-0.4, -0.2) is 41.0 Å². The molecule has 0 saturated carbocycles. The average molecular weight is 531 g/mol. The van der Waals surface area contributed by atoms with Gasteiger partial charge in [0.1, 0.15) is 11.5 Å². The first kappa shape index (κ1) is 23.8. The van der Waals surface area contributed by atoms with Crippen LogP contribution in [0.3, 0.4) is 0 Å². The lowest BCUT2D eigenvalue weighted by atomic mass is 9.95. The van der Waals surface area contributed by atoms with E-state index in [1.165, 1.54) is 24.7 Å². The fourth-order valence-electron chi connectivity index (χ4n) is 3.99. The summed E-state index contributed by atoms with van der Waals surface area (Å²) >= 11 is 1.01. The van der Waals surface area contributed by atoms with E-state index in [0.29, 0.717) is 38.8 Å². The van der Waals surface area contributed by atoms with Crippen LogP contribution in [0.1, 0.15) is 20.8 Å². The zero-order chi connectivity index (χ0) is 26.6. The van der Waals surface area contributed by atoms with Crippen LogP contribution in [0.4, 0.5) is 14.5 Å². The van der Waals surface area contributed by atoms with Gasteiger partial charge in [-0.15, -0.1) is 11.3 Å². The molecule has 0 aliphatic carbocycles. The minimum atomic E-state index is -0.605. The zero-order valence-corrected chi connectivity index (χ0v) is 21.2. The van der Waals surface area contributed by atoms with Gasteiger partial charge in [-0.05, 0) is 24.3 Å². The van der Waals surface area contributed by atoms with Crippen LogP contribution in [0.5, 0.6) is 0 Å². The smallest absolute Gasteiger partial charge is 0.229 e. The summed E-state index contributed by atoms with van der Waals surface area (Å²) in [5.41, 5.74) is 2.62. The molecule has 0 spiro atoms. The number of carbonyl (C=O) groups is 1. The molecule has 0 fully saturated rings. The second-order valence-corrected chi connectivity index (χ2v) is 10.7. The number of aromatic amines is 2. The van der Waals surface area contributed by atoms with Crippen LogP contribution in [-0.2, 0) is 4.79 Å². The van der Waals surface area contributed by atoms with E-state index in [2.05, 4.69) is 40.4 Å². The van der Waals surface area contributed by atoms with E-state index >= 15 is 4.39 Å². The lowest BCUT2D eigenvalue weighted by molar-refractivity contribution is -0.123. The number of rotatable bonds is 4. The third-order valence-corrected chi connectivity index (χ3v) is 6.88. The fourth-order valence-corrected chi connectivity index (χ4v) is 4.75. The van der Waals surface area contributed by atoms with Gasteiger partial charge in [-0.3, -0.25) is 14.9 Å². The largest absolute Gasteiger partial charge is 0.335 e. The summed E-state index contributed by atoms with van der Waals surface area (Å²) in [6.45, 7) is 5.40. The maximum absolute atomic E-state index is 16.0. The summed E-state index contributed by atoms with van der Waals surface area (Å²) in [6, 6.07) is 6.48. The van der Waals surface area contributed by atoms with Crippen LogP contribution in [0.2, 0.25) is 0 Å². The van der Waals surface area contributed by atoms with Crippen molar-refractivity contribution >= 4 is 45.1 Å². The number of anilines is 1. The summed E-state index contributed by atoms with van der Waals surface area (Å²) in [7, 11) is 0. The molecule has 190 valence electrons. The molecule has 0 aliphatic rings. The van der Waals surface area contributed by atoms with E-state index in [1.807, 2.05) is 0 Å². The number of pyridine rings is 3. The Morgan fingerprint density at radius 2 is 1.87 bits per heavy atom. The van der Waals surface area contributed by atoms with Crippen molar-refractivity contribution < 1.29 is 13.6 Å². The summed E-state index contributed by atoms with van der Waals surface area (Å²) in [5.74, 6) is -0.457. The predicted octanol–water partition coefficient (Wildman–Crippen LogP) is 5.95. The van der Waals surface area contributed by atoms with Crippen molar-refractivity contribution in [2.24, 2.45) is 5.41 Å². The summed E-state index contributed by atoms with van der Waals surface area (Å²) < 4.78 is 29.7. The van der Waals surface area contributed by atoms with Crippen molar-refractivity contribution in [3.05, 3.63) is 60.0 Å². The number of imidazole rings is 1. The SMILES string of the molecule is CC(C)(C)C(=O)Nc1cncc(-c2cnc3n[nH]c(-c4nc5nccc(-c6ccc(F)s6)c5[nH]4)c3c2F)c1. The normalized spacial score (nSPS) is 11.9. The van der Waals surface area contributed by atoms with E-state index in [-0.39, 0.29) is 27.6 Å². The maximum atomic E-state index is 16.0. The fraction of sp³-hybridized carbons (Fsp3) is 0.154. The molecule has 12 heteroatoms. The molecular weight excluding hydrogens is 510 g/mol. The predicted molar refractivity (Wildman–Crippen MR) is 141 cm³/mol. The van der Waals surface area contributed by atoms with Gasteiger partial charge in [-0.1, -0.05) is 20.8 Å². The Bertz CT molecular complexity index is 1850. The van der Waals surface area contributed by atoms with Crippen LogP contribution >= 0.6 is 11.3 Å². The van der Waals surface area contributed by atoms with E-state index in [9.17, 15) is 9.18 Å². The van der Waals surface area contributed by atoms with Crippen molar-refractivity contribution in [3.63, 3.8) is 0 Å². The van der Waals surface area contributed by atoms with Crippen molar-refractivity contribution in [1.82, 2.24) is 35.1 Å². The number of thiophene rings is 1. The first-order chi connectivity index (χ1) is 18.2. The molecule has 3 N–H and O–H groups in total. The zero-order valence-electron chi connectivity index (χ0n) is 20.4. The Labute approximate surface area is 218 Å². The monoisotopic (exact) mass is 530 g/mol. The molecule has 0 atom stereocenters. The van der Waals surface area contributed by atoms with E-state index in [4.69, 9.17) is 0 Å². The number of carbonyl (C=O) groups excluding carboxylic acids is 1. The minimum Gasteiger partial charge on any atom is -0.335 e. The number of nitrogens with one attached hydrogen (secondary N) is 3. The van der Waals surface area contributed by atoms with Gasteiger partial charge in [0.15, 0.2) is 22.2 Å². The van der Waals surface area contributed by atoms with Crippen LogP contribution in [0.15, 0.2) is 49.1 Å². The van der Waals surface area contributed by atoms with Crippen molar-refractivity contribution in [3.8, 4) is 33.1 Å². The summed E-state index contributed by atoms with van der Waals surface area (Å²) in [5, 5.41) is 9.61. The van der Waals surface area contributed by atoms with Gasteiger partial charge in [0.2, 0.25) is 5.91 Å². The van der Waals surface area contributed by atoms with Gasteiger partial charge in [-0.25, -0.2) is 19.3 Å². The molecule has 0 saturated heterocycles. The number of nitrogens with zero attached hydrogens (tertiary/aromatic N) is 5. The number of hydrogen-bond acceptors (Lipinski definition) is 7. The first-order valence-corrected chi connectivity index (χ1v) is 12.4. The van der Waals surface area contributed by atoms with E-state index in [0.717, 1.165) is 16.9 Å². The minimum absolute atomic E-state index is 0.134. The second-order valence-electron chi connectivity index (χ2n) is 9.70. The number of halogens is 2. The Balaban J connectivity index is 1.44. The van der Waals surface area contributed by atoms with Gasteiger partial charge in [0.25, 0.3) is 0 Å². The maximum Gasteiger partial charge on any atom is 0.229 e. The quantitative estimate of drug-likeness (QED) is 0.259. The molecule has 0 aromatic carbocycles. The molecule has 38 heavy (non-hydrogen) atoms. The van der Waals surface area contributed by atoms with Gasteiger partial charge < -0.3 is 10.3 Å². The number of H-pyrrole nitrogens is 2. The standard InChI is InChI=1S/C26H20F2N8OS/c1-26(2,3)25(37)32-13-8-12(9-29-10-13)15-11-31-22-18(19(15)28)21(35-36-22)24-33-20-14(6-7-30-23(20)34-24)16-4-5-17(27)38-16/h4-11H,1-3H3,(H,32,37)(H,30,33,34)(H,31,35,36). The van der Waals surface area contributed by atoms with Crippen LogP contribution in [0, 0.1) is 16.4 Å². The lowest BCUT2D eigenvalue weighted by Crippen LogP contribution is -2.27. The highest BCUT2D eigenvalue weighted by molar-refractivity contribution is 7.14. The number of fused-ring (bicyclic) bond motifs is 2. The van der Waals surface area contributed by atoms with E-state index < -0.39 is 11.2 Å². The summed E-state index contributed by atoms with van der Waals surface area (Å²) in [6.07, 6.45) is 5.96. The van der Waals surface area contributed by atoms with Gasteiger partial charge in [-0.2, -0.15) is 9.49 Å². The molecule has 0 unspecified atom stereocenters. The van der Waals surface area contributed by atoms with E-state index in [1.54, 1.807) is 45.2 Å². The van der Waals surface area contributed by atoms with Crippen LogP contribution < -0.4 is 5.32 Å². The molecule has 6 aromatic rings. The molecule has 6 heterocycles. The Morgan fingerprint density at radius 1 is 1.03 bits per heavy atom. The molecular formula is C26H20F2N8OS. The number of hydrogen-bond donors (Lipinski definition) is 3. The average Bonchev–Trinajstić information content (AvgIpc) is 3.61. The molecule has 0 aliphatic heterocycles. The molecule has 9 nitrogen and oxygen atoms in total. The number of aromatic nitrogens is 7. The topological polar surface area (TPSA) is 125 Å². The molecule has 6 aromatic heterocycles. The third-order valence-electron chi connectivity index (χ3n) is 5.97. The first-order valence-electron chi connectivity index (χ1n) is 11.6.